The van der Waals surface area contributed by atoms with E-state index in [2.05, 4.69) is 20.2 Å². The fourth-order valence-electron chi connectivity index (χ4n) is 1.69. The van der Waals surface area contributed by atoms with Crippen molar-refractivity contribution in [2.75, 3.05) is 11.9 Å². The van der Waals surface area contributed by atoms with Crippen LogP contribution in [0.1, 0.15) is 35.7 Å². The maximum absolute atomic E-state index is 12.1. The summed E-state index contributed by atoms with van der Waals surface area (Å²) < 4.78 is 26.3. The molecule has 1 aromatic heterocycles. The molecule has 2 aromatic rings. The normalized spacial score (nSPS) is 11.4. The maximum atomic E-state index is 12.1. The zero-order valence-corrected chi connectivity index (χ0v) is 14.5. The van der Waals surface area contributed by atoms with Crippen molar-refractivity contribution >= 4 is 32.4 Å². The van der Waals surface area contributed by atoms with Crippen molar-refractivity contribution in [3.8, 4) is 0 Å². The van der Waals surface area contributed by atoms with Gasteiger partial charge in [0.25, 0.3) is 15.9 Å². The van der Waals surface area contributed by atoms with E-state index < -0.39 is 10.0 Å². The molecule has 0 saturated heterocycles. The minimum Gasteiger partial charge on any atom is -0.296 e. The third-order valence-electron chi connectivity index (χ3n) is 2.99. The summed E-state index contributed by atoms with van der Waals surface area (Å²) in [6.45, 7) is 4.25. The standard InChI is InChI=1S/C14H18N4O3S2/c1-3-4-9-15-23(20,21)14-18-17-13(22-14)16-12(19)11-7-5-10(2)6-8-11/h5-8,15H,3-4,9H2,1-2H3,(H,16,17,19). The second-order valence-electron chi connectivity index (χ2n) is 4.94. The second kappa shape index (κ2) is 7.62. The monoisotopic (exact) mass is 354 g/mol. The van der Waals surface area contributed by atoms with E-state index in [1.165, 1.54) is 0 Å². The van der Waals surface area contributed by atoms with Crippen molar-refractivity contribution in [1.82, 2.24) is 14.9 Å². The largest absolute Gasteiger partial charge is 0.296 e. The van der Waals surface area contributed by atoms with E-state index in [1.807, 2.05) is 26.0 Å². The van der Waals surface area contributed by atoms with E-state index in [0.29, 0.717) is 12.1 Å². The number of carbonyl (C=O) groups is 1. The Morgan fingerprint density at radius 2 is 1.91 bits per heavy atom. The van der Waals surface area contributed by atoms with E-state index in [4.69, 9.17) is 0 Å². The summed E-state index contributed by atoms with van der Waals surface area (Å²) >= 11 is 0.819. The van der Waals surface area contributed by atoms with E-state index in [-0.39, 0.29) is 15.4 Å². The minimum atomic E-state index is -3.67. The number of hydrogen-bond acceptors (Lipinski definition) is 6. The van der Waals surface area contributed by atoms with E-state index in [1.54, 1.807) is 12.1 Å². The van der Waals surface area contributed by atoms with Crippen LogP contribution in [0.4, 0.5) is 5.13 Å². The number of hydrogen-bond donors (Lipinski definition) is 2. The van der Waals surface area contributed by atoms with Crippen LogP contribution in [0.5, 0.6) is 0 Å². The zero-order valence-electron chi connectivity index (χ0n) is 12.9. The van der Waals surface area contributed by atoms with Gasteiger partial charge in [-0.05, 0) is 25.5 Å². The predicted molar refractivity (Wildman–Crippen MR) is 89.1 cm³/mol. The Morgan fingerprint density at radius 1 is 1.22 bits per heavy atom. The molecule has 2 N–H and O–H groups in total. The highest BCUT2D eigenvalue weighted by molar-refractivity contribution is 7.91. The second-order valence-corrected chi connectivity index (χ2v) is 7.86. The number of anilines is 1. The molecule has 2 rings (SSSR count). The first-order chi connectivity index (χ1) is 10.9. The van der Waals surface area contributed by atoms with Crippen molar-refractivity contribution < 1.29 is 13.2 Å². The molecule has 0 bridgehead atoms. The Hall–Kier alpha value is -1.84. The van der Waals surface area contributed by atoms with Gasteiger partial charge in [-0.15, -0.1) is 10.2 Å². The fourth-order valence-corrected chi connectivity index (χ4v) is 3.70. The highest BCUT2D eigenvalue weighted by Crippen LogP contribution is 2.20. The van der Waals surface area contributed by atoms with Gasteiger partial charge in [-0.2, -0.15) is 0 Å². The summed E-state index contributed by atoms with van der Waals surface area (Å²) in [4.78, 5) is 12.1. The molecule has 0 radical (unpaired) electrons. The van der Waals surface area contributed by atoms with Crippen molar-refractivity contribution in [1.29, 1.82) is 0 Å². The Bertz CT molecular complexity index is 770. The SMILES string of the molecule is CCCCNS(=O)(=O)c1nnc(NC(=O)c2ccc(C)cc2)s1. The Balaban J connectivity index is 2.04. The predicted octanol–water partition coefficient (Wildman–Crippen LogP) is 2.18. The number of benzene rings is 1. The van der Waals surface area contributed by atoms with Crippen LogP contribution in [0, 0.1) is 6.92 Å². The molecule has 1 amide bonds. The lowest BCUT2D eigenvalue weighted by atomic mass is 10.1. The molecule has 0 atom stereocenters. The quantitative estimate of drug-likeness (QED) is 0.586. The molecule has 1 aromatic carbocycles. The summed E-state index contributed by atoms with van der Waals surface area (Å²) in [5.74, 6) is -0.357. The average Bonchev–Trinajstić information content (AvgIpc) is 2.97. The zero-order chi connectivity index (χ0) is 16.9. The van der Waals surface area contributed by atoms with Gasteiger partial charge in [0.2, 0.25) is 9.47 Å². The molecule has 0 saturated carbocycles. The number of rotatable bonds is 7. The highest BCUT2D eigenvalue weighted by Gasteiger charge is 2.20. The fraction of sp³-hybridized carbons (Fsp3) is 0.357. The van der Waals surface area contributed by atoms with Crippen LogP contribution >= 0.6 is 11.3 Å². The van der Waals surface area contributed by atoms with Crippen molar-refractivity contribution in [3.63, 3.8) is 0 Å². The Labute approximate surface area is 139 Å². The van der Waals surface area contributed by atoms with Gasteiger partial charge in [0.15, 0.2) is 0 Å². The summed E-state index contributed by atoms with van der Waals surface area (Å²) in [7, 11) is -3.67. The molecule has 0 fully saturated rings. The van der Waals surface area contributed by atoms with Gasteiger partial charge in [0.1, 0.15) is 0 Å². The van der Waals surface area contributed by atoms with Crippen LogP contribution in [0.15, 0.2) is 28.6 Å². The maximum Gasteiger partial charge on any atom is 0.269 e. The van der Waals surface area contributed by atoms with Gasteiger partial charge < -0.3 is 0 Å². The third kappa shape index (κ3) is 4.81. The molecule has 0 spiro atoms. The molecule has 9 heteroatoms. The summed E-state index contributed by atoms with van der Waals surface area (Å²) in [5, 5.41) is 10.0. The minimum absolute atomic E-state index is 0.145. The molecule has 0 aliphatic heterocycles. The van der Waals surface area contributed by atoms with Crippen molar-refractivity contribution in [2.24, 2.45) is 0 Å². The van der Waals surface area contributed by atoms with Crippen LogP contribution < -0.4 is 10.0 Å². The number of carbonyl (C=O) groups excluding carboxylic acids is 1. The van der Waals surface area contributed by atoms with E-state index >= 15 is 0 Å². The number of nitrogens with zero attached hydrogens (tertiary/aromatic N) is 2. The van der Waals surface area contributed by atoms with Crippen molar-refractivity contribution in [3.05, 3.63) is 35.4 Å². The number of amides is 1. The van der Waals surface area contributed by atoms with Gasteiger partial charge in [0.05, 0.1) is 0 Å². The highest BCUT2D eigenvalue weighted by atomic mass is 32.2. The molecule has 0 unspecified atom stereocenters. The van der Waals surface area contributed by atoms with Crippen LogP contribution in [0.3, 0.4) is 0 Å². The van der Waals surface area contributed by atoms with Crippen molar-refractivity contribution in [2.45, 2.75) is 31.0 Å². The van der Waals surface area contributed by atoms with Gasteiger partial charge in [0, 0.05) is 12.1 Å². The summed E-state index contributed by atoms with van der Waals surface area (Å²) in [6, 6.07) is 7.02. The first-order valence-corrected chi connectivity index (χ1v) is 9.43. The summed E-state index contributed by atoms with van der Waals surface area (Å²) in [6.07, 6.45) is 1.63. The lowest BCUT2D eigenvalue weighted by molar-refractivity contribution is 0.102. The van der Waals surface area contributed by atoms with Crippen LogP contribution in [0.2, 0.25) is 0 Å². The molecule has 23 heavy (non-hydrogen) atoms. The van der Waals surface area contributed by atoms with Gasteiger partial charge in [-0.3, -0.25) is 10.1 Å². The average molecular weight is 354 g/mol. The number of unbranched alkanes of at least 4 members (excludes halogenated alkanes) is 1. The lowest BCUT2D eigenvalue weighted by Crippen LogP contribution is -2.24. The van der Waals surface area contributed by atoms with Crippen LogP contribution in [0.25, 0.3) is 0 Å². The molecule has 124 valence electrons. The molecule has 1 heterocycles. The Kier molecular flexibility index (Phi) is 5.80. The number of nitrogens with one attached hydrogen (secondary N) is 2. The topological polar surface area (TPSA) is 101 Å². The smallest absolute Gasteiger partial charge is 0.269 e. The van der Waals surface area contributed by atoms with Crippen LogP contribution in [-0.4, -0.2) is 31.1 Å². The van der Waals surface area contributed by atoms with E-state index in [9.17, 15) is 13.2 Å². The third-order valence-corrected chi connectivity index (χ3v) is 5.66. The lowest BCUT2D eigenvalue weighted by Gasteiger charge is -2.02. The number of sulfonamides is 1. The van der Waals surface area contributed by atoms with Crippen LogP contribution in [-0.2, 0) is 10.0 Å². The number of aryl methyl sites for hydroxylation is 1. The van der Waals surface area contributed by atoms with Gasteiger partial charge in [-0.1, -0.05) is 42.4 Å². The molecular formula is C14H18N4O3S2. The molecule has 0 aliphatic carbocycles. The van der Waals surface area contributed by atoms with E-state index in [0.717, 1.165) is 29.7 Å². The first-order valence-electron chi connectivity index (χ1n) is 7.13. The Morgan fingerprint density at radius 3 is 2.57 bits per heavy atom. The number of aromatic nitrogens is 2. The molecule has 7 nitrogen and oxygen atoms in total. The first kappa shape index (κ1) is 17.5. The molecular weight excluding hydrogens is 336 g/mol. The molecule has 0 aliphatic rings. The summed E-state index contributed by atoms with van der Waals surface area (Å²) in [5.41, 5.74) is 1.51. The van der Waals surface area contributed by atoms with Gasteiger partial charge in [-0.25, -0.2) is 13.1 Å². The van der Waals surface area contributed by atoms with Gasteiger partial charge >= 0.3 is 0 Å².